The Morgan fingerprint density at radius 2 is 1.71 bits per heavy atom. The van der Waals surface area contributed by atoms with Crippen LogP contribution in [-0.4, -0.2) is 42.9 Å². The number of nitrogens with one attached hydrogen (secondary N) is 2. The molecule has 2 amide bonds. The van der Waals surface area contributed by atoms with Crippen molar-refractivity contribution in [2.75, 3.05) is 25.5 Å². The Hall–Kier alpha value is -2.73. The van der Waals surface area contributed by atoms with Crippen molar-refractivity contribution >= 4 is 17.5 Å². The van der Waals surface area contributed by atoms with Crippen LogP contribution in [0.4, 0.5) is 10.1 Å². The number of hydrogen-bond donors (Lipinski definition) is 2. The summed E-state index contributed by atoms with van der Waals surface area (Å²) in [4.78, 5) is 26.3. The van der Waals surface area contributed by atoms with Crippen LogP contribution in [0.25, 0.3) is 0 Å². The first-order valence-electron chi connectivity index (χ1n) is 9.49. The van der Waals surface area contributed by atoms with Gasteiger partial charge in [-0.05, 0) is 50.2 Å². The number of nitrogens with zero attached hydrogens (tertiary/aromatic N) is 1. The Labute approximate surface area is 165 Å². The van der Waals surface area contributed by atoms with E-state index in [0.717, 1.165) is 6.42 Å². The second-order valence-electron chi connectivity index (χ2n) is 6.91. The normalized spacial score (nSPS) is 13.0. The van der Waals surface area contributed by atoms with E-state index in [1.165, 1.54) is 29.8 Å². The van der Waals surface area contributed by atoms with E-state index in [1.54, 1.807) is 18.9 Å². The lowest BCUT2D eigenvalue weighted by Gasteiger charge is -2.24. The van der Waals surface area contributed by atoms with Gasteiger partial charge in [-0.3, -0.25) is 14.5 Å². The first-order valence-corrected chi connectivity index (χ1v) is 9.49. The molecule has 2 atom stereocenters. The van der Waals surface area contributed by atoms with Gasteiger partial charge in [-0.15, -0.1) is 0 Å². The molecule has 5 nitrogen and oxygen atoms in total. The number of carbonyl (C=O) groups is 2. The maximum absolute atomic E-state index is 12.9. The Balaban J connectivity index is 1.82. The topological polar surface area (TPSA) is 61.4 Å². The minimum Gasteiger partial charge on any atom is -0.354 e. The lowest BCUT2D eigenvalue weighted by Crippen LogP contribution is -2.46. The molecule has 0 spiro atoms. The van der Waals surface area contributed by atoms with E-state index in [1.807, 2.05) is 18.2 Å². The van der Waals surface area contributed by atoms with Gasteiger partial charge in [0.1, 0.15) is 5.82 Å². The van der Waals surface area contributed by atoms with E-state index in [2.05, 4.69) is 29.7 Å². The molecule has 0 radical (unpaired) electrons. The zero-order valence-electron chi connectivity index (χ0n) is 16.6. The Kier molecular flexibility index (Phi) is 8.14. The van der Waals surface area contributed by atoms with Crippen molar-refractivity contribution in [2.45, 2.75) is 32.2 Å². The molecule has 0 aliphatic heterocycles. The second kappa shape index (κ2) is 10.6. The van der Waals surface area contributed by atoms with E-state index in [4.69, 9.17) is 0 Å². The molecule has 0 bridgehead atoms. The summed E-state index contributed by atoms with van der Waals surface area (Å²) < 4.78 is 12.9. The quantitative estimate of drug-likeness (QED) is 0.696. The van der Waals surface area contributed by atoms with Crippen molar-refractivity contribution in [1.29, 1.82) is 0 Å². The molecule has 2 N–H and O–H groups in total. The van der Waals surface area contributed by atoms with Crippen molar-refractivity contribution in [3.8, 4) is 0 Å². The zero-order chi connectivity index (χ0) is 20.5. The van der Waals surface area contributed by atoms with Gasteiger partial charge in [0, 0.05) is 18.2 Å². The van der Waals surface area contributed by atoms with Crippen LogP contribution in [0.5, 0.6) is 0 Å². The summed E-state index contributed by atoms with van der Waals surface area (Å²) in [5.41, 5.74) is 1.72. The summed E-state index contributed by atoms with van der Waals surface area (Å²) in [6.45, 7) is 4.48. The number of benzene rings is 2. The minimum atomic E-state index is -0.452. The fourth-order valence-corrected chi connectivity index (χ4v) is 2.89. The standard InChI is InChI=1S/C22H28FN3O2/c1-4-17(18-8-6-5-7-9-18)14-24-22(28)16(2)26(3)15-21(27)25-20-12-10-19(23)11-13-20/h5-13,16-17H,4,14-15H2,1-3H3,(H,24,28)(H,25,27)/t16-,17-/m0/s1. The van der Waals surface area contributed by atoms with Crippen molar-refractivity contribution < 1.29 is 14.0 Å². The fraction of sp³-hybridized carbons (Fsp3) is 0.364. The van der Waals surface area contributed by atoms with Gasteiger partial charge in [-0.1, -0.05) is 37.3 Å². The van der Waals surface area contributed by atoms with Crippen LogP contribution in [0.2, 0.25) is 0 Å². The first-order chi connectivity index (χ1) is 13.4. The lowest BCUT2D eigenvalue weighted by molar-refractivity contribution is -0.126. The van der Waals surface area contributed by atoms with Gasteiger partial charge in [0.2, 0.25) is 11.8 Å². The summed E-state index contributed by atoms with van der Waals surface area (Å²) in [6.07, 6.45) is 0.925. The summed E-state index contributed by atoms with van der Waals surface area (Å²) in [6, 6.07) is 15.2. The van der Waals surface area contributed by atoms with Gasteiger partial charge in [-0.25, -0.2) is 4.39 Å². The van der Waals surface area contributed by atoms with Gasteiger partial charge in [-0.2, -0.15) is 0 Å². The van der Waals surface area contributed by atoms with Crippen LogP contribution in [0, 0.1) is 5.82 Å². The van der Waals surface area contributed by atoms with E-state index in [9.17, 15) is 14.0 Å². The molecule has 0 saturated heterocycles. The number of rotatable bonds is 9. The van der Waals surface area contributed by atoms with Crippen LogP contribution >= 0.6 is 0 Å². The number of hydrogen-bond acceptors (Lipinski definition) is 3. The van der Waals surface area contributed by atoms with Crippen molar-refractivity contribution in [3.63, 3.8) is 0 Å². The maximum atomic E-state index is 12.9. The predicted molar refractivity (Wildman–Crippen MR) is 110 cm³/mol. The fourth-order valence-electron chi connectivity index (χ4n) is 2.89. The largest absolute Gasteiger partial charge is 0.354 e. The van der Waals surface area contributed by atoms with Crippen LogP contribution in [0.3, 0.4) is 0 Å². The average Bonchev–Trinajstić information content (AvgIpc) is 2.70. The SMILES string of the molecule is CC[C@@H](CNC(=O)[C@H](C)N(C)CC(=O)Nc1ccc(F)cc1)c1ccccc1. The molecule has 28 heavy (non-hydrogen) atoms. The number of anilines is 1. The van der Waals surface area contributed by atoms with Gasteiger partial charge >= 0.3 is 0 Å². The van der Waals surface area contributed by atoms with Crippen LogP contribution in [0.15, 0.2) is 54.6 Å². The van der Waals surface area contributed by atoms with Crippen molar-refractivity contribution in [1.82, 2.24) is 10.2 Å². The van der Waals surface area contributed by atoms with Gasteiger partial charge in [0.15, 0.2) is 0 Å². The molecule has 150 valence electrons. The molecule has 0 saturated carbocycles. The van der Waals surface area contributed by atoms with E-state index < -0.39 is 6.04 Å². The number of amides is 2. The summed E-state index contributed by atoms with van der Waals surface area (Å²) >= 11 is 0. The highest BCUT2D eigenvalue weighted by atomic mass is 19.1. The summed E-state index contributed by atoms with van der Waals surface area (Å²) in [7, 11) is 1.73. The van der Waals surface area contributed by atoms with Gasteiger partial charge in [0.05, 0.1) is 12.6 Å². The molecule has 0 unspecified atom stereocenters. The zero-order valence-corrected chi connectivity index (χ0v) is 16.6. The number of halogens is 1. The van der Waals surface area contributed by atoms with Crippen molar-refractivity contribution in [3.05, 3.63) is 66.0 Å². The molecule has 0 aliphatic rings. The van der Waals surface area contributed by atoms with E-state index in [-0.39, 0.29) is 30.1 Å². The van der Waals surface area contributed by atoms with E-state index >= 15 is 0 Å². The Morgan fingerprint density at radius 3 is 2.32 bits per heavy atom. The molecule has 0 aromatic heterocycles. The van der Waals surface area contributed by atoms with Crippen LogP contribution in [-0.2, 0) is 9.59 Å². The average molecular weight is 385 g/mol. The molecule has 2 aromatic rings. The lowest BCUT2D eigenvalue weighted by atomic mass is 9.96. The molecular weight excluding hydrogens is 357 g/mol. The molecule has 0 aliphatic carbocycles. The highest BCUT2D eigenvalue weighted by Crippen LogP contribution is 2.18. The maximum Gasteiger partial charge on any atom is 0.238 e. The van der Waals surface area contributed by atoms with Gasteiger partial charge < -0.3 is 10.6 Å². The second-order valence-corrected chi connectivity index (χ2v) is 6.91. The molecular formula is C22H28FN3O2. The van der Waals surface area contributed by atoms with Crippen LogP contribution < -0.4 is 10.6 Å². The first kappa shape index (κ1) is 21.6. The molecule has 2 rings (SSSR count). The Morgan fingerprint density at radius 1 is 1.07 bits per heavy atom. The molecule has 2 aromatic carbocycles. The highest BCUT2D eigenvalue weighted by Gasteiger charge is 2.21. The number of likely N-dealkylation sites (N-methyl/N-ethyl adjacent to an activating group) is 1. The summed E-state index contributed by atoms with van der Waals surface area (Å²) in [5, 5.41) is 5.68. The van der Waals surface area contributed by atoms with E-state index in [0.29, 0.717) is 12.2 Å². The van der Waals surface area contributed by atoms with Gasteiger partial charge in [0.25, 0.3) is 0 Å². The monoisotopic (exact) mass is 385 g/mol. The molecule has 0 fully saturated rings. The molecule has 0 heterocycles. The third kappa shape index (κ3) is 6.46. The minimum absolute atomic E-state index is 0.0574. The van der Waals surface area contributed by atoms with Crippen LogP contribution in [0.1, 0.15) is 31.7 Å². The third-order valence-electron chi connectivity index (χ3n) is 4.85. The Bertz CT molecular complexity index is 765. The predicted octanol–water partition coefficient (Wildman–Crippen LogP) is 3.39. The highest BCUT2D eigenvalue weighted by molar-refractivity contribution is 5.92. The summed E-state index contributed by atoms with van der Waals surface area (Å²) in [5.74, 6) is -0.485. The smallest absolute Gasteiger partial charge is 0.238 e. The number of carbonyl (C=O) groups excluding carboxylic acids is 2. The molecule has 6 heteroatoms. The third-order valence-corrected chi connectivity index (χ3v) is 4.85. The van der Waals surface area contributed by atoms with Crippen molar-refractivity contribution in [2.24, 2.45) is 0 Å².